The van der Waals surface area contributed by atoms with Crippen molar-refractivity contribution < 1.29 is 23.5 Å². The number of methoxy groups -OCH3 is 1. The van der Waals surface area contributed by atoms with E-state index in [2.05, 4.69) is 4.90 Å². The van der Waals surface area contributed by atoms with E-state index in [4.69, 9.17) is 14.6 Å². The van der Waals surface area contributed by atoms with Gasteiger partial charge in [-0.25, -0.2) is 9.40 Å². The zero-order valence-corrected chi connectivity index (χ0v) is 22.6. The van der Waals surface area contributed by atoms with Crippen molar-refractivity contribution >= 4 is 28.9 Å². The van der Waals surface area contributed by atoms with Crippen LogP contribution in [0.2, 0.25) is 0 Å². The fourth-order valence-corrected chi connectivity index (χ4v) is 5.49. The second kappa shape index (κ2) is 12.5. The molecular weight excluding hydrogens is 519 g/mol. The van der Waals surface area contributed by atoms with Gasteiger partial charge >= 0.3 is 0 Å². The Morgan fingerprint density at radius 3 is 2.51 bits per heavy atom. The van der Waals surface area contributed by atoms with Gasteiger partial charge in [0.25, 0.3) is 11.8 Å². The van der Waals surface area contributed by atoms with Crippen LogP contribution in [-0.4, -0.2) is 85.4 Å². The van der Waals surface area contributed by atoms with Crippen LogP contribution in [-0.2, 0) is 9.53 Å². The van der Waals surface area contributed by atoms with E-state index < -0.39 is 0 Å². The summed E-state index contributed by atoms with van der Waals surface area (Å²) >= 11 is 1.56. The van der Waals surface area contributed by atoms with E-state index in [9.17, 15) is 14.0 Å². The number of hydrogen-bond donors (Lipinski definition) is 0. The third kappa shape index (κ3) is 6.52. The Labute approximate surface area is 231 Å². The molecule has 2 aliphatic rings. The lowest BCUT2D eigenvalue weighted by Gasteiger charge is -2.31. The number of carbonyl (C=O) groups is 2. The Morgan fingerprint density at radius 1 is 1.10 bits per heavy atom. The predicted molar refractivity (Wildman–Crippen MR) is 148 cm³/mol. The van der Waals surface area contributed by atoms with Crippen LogP contribution >= 0.6 is 11.3 Å². The van der Waals surface area contributed by atoms with E-state index in [1.165, 1.54) is 17.1 Å². The van der Waals surface area contributed by atoms with E-state index >= 15 is 0 Å². The van der Waals surface area contributed by atoms with Crippen LogP contribution in [0.5, 0.6) is 5.75 Å². The zero-order valence-electron chi connectivity index (χ0n) is 21.8. The average molecular weight is 551 g/mol. The number of amides is 2. The van der Waals surface area contributed by atoms with Gasteiger partial charge in [-0.15, -0.1) is 11.3 Å². The number of morpholine rings is 1. The van der Waals surface area contributed by atoms with Gasteiger partial charge in [0, 0.05) is 38.2 Å². The molecule has 39 heavy (non-hydrogen) atoms. The summed E-state index contributed by atoms with van der Waals surface area (Å²) < 4.78 is 24.3. The minimum Gasteiger partial charge on any atom is -0.497 e. The third-order valence-corrected chi connectivity index (χ3v) is 7.89. The van der Waals surface area contributed by atoms with Crippen LogP contribution in [0.4, 0.5) is 4.39 Å². The van der Waals surface area contributed by atoms with Crippen molar-refractivity contribution in [2.45, 2.75) is 12.5 Å². The normalized spacial score (nSPS) is 17.6. The summed E-state index contributed by atoms with van der Waals surface area (Å²) in [6.07, 6.45) is 0.512. The minimum absolute atomic E-state index is 0.131. The number of rotatable bonds is 9. The van der Waals surface area contributed by atoms with Gasteiger partial charge in [0.1, 0.15) is 18.1 Å². The molecule has 0 aliphatic carbocycles. The van der Waals surface area contributed by atoms with Crippen molar-refractivity contribution in [1.82, 2.24) is 14.8 Å². The molecule has 0 bridgehead atoms. The standard InChI is InChI=1S/C29H31FN4O4S/c1-37-24-10-6-22(7-11-24)29(36)33(13-12-32-14-16-38-17-15-32)20-28(35)34-26(21-4-8-23(30)9-5-21)19-25(31-34)27-3-2-18-39-27/h2-11,18,26H,12-17,19-20H2,1H3/t26-/m1/s1. The molecule has 2 amide bonds. The van der Waals surface area contributed by atoms with Crippen molar-refractivity contribution in [3.63, 3.8) is 0 Å². The molecule has 0 unspecified atom stereocenters. The number of halogens is 1. The SMILES string of the molecule is COc1ccc(C(=O)N(CCN2CCOCC2)CC(=O)N2N=C(c3cccs3)C[C@@H]2c2ccc(F)cc2)cc1. The lowest BCUT2D eigenvalue weighted by molar-refractivity contribution is -0.133. The highest BCUT2D eigenvalue weighted by Gasteiger charge is 2.35. The molecule has 3 aromatic rings. The molecule has 5 rings (SSSR count). The molecule has 2 aliphatic heterocycles. The molecule has 1 fully saturated rings. The molecule has 1 saturated heterocycles. The minimum atomic E-state index is -0.382. The van der Waals surface area contributed by atoms with Crippen molar-refractivity contribution in [2.75, 3.05) is 53.0 Å². The van der Waals surface area contributed by atoms with Crippen LogP contribution in [0.1, 0.15) is 33.3 Å². The number of hydrogen-bond acceptors (Lipinski definition) is 7. The predicted octanol–water partition coefficient (Wildman–Crippen LogP) is 4.05. The van der Waals surface area contributed by atoms with Crippen LogP contribution in [0, 0.1) is 5.82 Å². The second-order valence-corrected chi connectivity index (χ2v) is 10.4. The zero-order chi connectivity index (χ0) is 27.2. The number of nitrogens with zero attached hydrogens (tertiary/aromatic N) is 4. The lowest BCUT2D eigenvalue weighted by Crippen LogP contribution is -2.46. The van der Waals surface area contributed by atoms with Crippen molar-refractivity contribution in [3.8, 4) is 5.75 Å². The molecule has 204 valence electrons. The van der Waals surface area contributed by atoms with E-state index in [1.807, 2.05) is 17.5 Å². The Bertz CT molecular complexity index is 1290. The van der Waals surface area contributed by atoms with Gasteiger partial charge in [-0.1, -0.05) is 18.2 Å². The van der Waals surface area contributed by atoms with Crippen LogP contribution < -0.4 is 4.74 Å². The smallest absolute Gasteiger partial charge is 0.262 e. The van der Waals surface area contributed by atoms with Gasteiger partial charge in [0.05, 0.1) is 37.0 Å². The Morgan fingerprint density at radius 2 is 1.85 bits per heavy atom. The lowest BCUT2D eigenvalue weighted by atomic mass is 10.0. The highest BCUT2D eigenvalue weighted by atomic mass is 32.1. The van der Waals surface area contributed by atoms with Crippen molar-refractivity contribution in [1.29, 1.82) is 0 Å². The molecular formula is C29H31FN4O4S. The average Bonchev–Trinajstić information content (AvgIpc) is 3.67. The van der Waals surface area contributed by atoms with Crippen LogP contribution in [0.3, 0.4) is 0 Å². The summed E-state index contributed by atoms with van der Waals surface area (Å²) in [5, 5.41) is 8.14. The topological polar surface area (TPSA) is 74.7 Å². The molecule has 0 N–H and O–H groups in total. The quantitative estimate of drug-likeness (QED) is 0.402. The fourth-order valence-electron chi connectivity index (χ4n) is 4.77. The highest BCUT2D eigenvalue weighted by molar-refractivity contribution is 7.12. The molecule has 8 nitrogen and oxygen atoms in total. The Balaban J connectivity index is 1.38. The van der Waals surface area contributed by atoms with Gasteiger partial charge in [-0.2, -0.15) is 5.10 Å². The Kier molecular flexibility index (Phi) is 8.65. The maximum atomic E-state index is 13.8. The third-order valence-electron chi connectivity index (χ3n) is 6.97. The number of carbonyl (C=O) groups excluding carboxylic acids is 2. The number of thiophene rings is 1. The molecule has 0 radical (unpaired) electrons. The van der Waals surface area contributed by atoms with E-state index in [1.54, 1.807) is 59.7 Å². The summed E-state index contributed by atoms with van der Waals surface area (Å²) in [6.45, 7) is 3.75. The first kappa shape index (κ1) is 27.0. The maximum Gasteiger partial charge on any atom is 0.262 e. The molecule has 10 heteroatoms. The summed E-state index contributed by atoms with van der Waals surface area (Å²) in [4.78, 5) is 32.2. The molecule has 2 aromatic carbocycles. The van der Waals surface area contributed by atoms with E-state index in [0.29, 0.717) is 44.0 Å². The summed E-state index contributed by atoms with van der Waals surface area (Å²) in [6, 6.07) is 16.6. The number of ether oxygens (including phenoxy) is 2. The van der Waals surface area contributed by atoms with Gasteiger partial charge in [-0.3, -0.25) is 14.5 Å². The van der Waals surface area contributed by atoms with E-state index in [-0.39, 0.29) is 30.2 Å². The number of benzene rings is 2. The first-order valence-corrected chi connectivity index (χ1v) is 13.8. The fraction of sp³-hybridized carbons (Fsp3) is 0.345. The number of hydrazone groups is 1. The first-order chi connectivity index (χ1) is 19.0. The van der Waals surface area contributed by atoms with Gasteiger partial charge in [0.15, 0.2) is 0 Å². The molecule has 1 atom stereocenters. The van der Waals surface area contributed by atoms with Crippen LogP contribution in [0.15, 0.2) is 71.1 Å². The van der Waals surface area contributed by atoms with Crippen molar-refractivity contribution in [2.24, 2.45) is 5.10 Å². The molecule has 1 aromatic heterocycles. The maximum absolute atomic E-state index is 13.8. The summed E-state index contributed by atoms with van der Waals surface area (Å²) in [5.74, 6) is -0.218. The molecule has 0 saturated carbocycles. The van der Waals surface area contributed by atoms with Gasteiger partial charge in [-0.05, 0) is 53.4 Å². The monoisotopic (exact) mass is 550 g/mol. The summed E-state index contributed by atoms with van der Waals surface area (Å²) in [5.41, 5.74) is 2.07. The van der Waals surface area contributed by atoms with Crippen molar-refractivity contribution in [3.05, 3.63) is 87.9 Å². The van der Waals surface area contributed by atoms with Gasteiger partial charge in [0.2, 0.25) is 0 Å². The molecule has 0 spiro atoms. The second-order valence-electron chi connectivity index (χ2n) is 9.44. The largest absolute Gasteiger partial charge is 0.497 e. The first-order valence-electron chi connectivity index (χ1n) is 12.9. The Hall–Kier alpha value is -3.60. The van der Waals surface area contributed by atoms with Crippen LogP contribution in [0.25, 0.3) is 0 Å². The van der Waals surface area contributed by atoms with Gasteiger partial charge < -0.3 is 14.4 Å². The highest BCUT2D eigenvalue weighted by Crippen LogP contribution is 2.34. The molecule has 3 heterocycles. The summed E-state index contributed by atoms with van der Waals surface area (Å²) in [7, 11) is 1.57. The van der Waals surface area contributed by atoms with E-state index in [0.717, 1.165) is 29.2 Å².